The minimum atomic E-state index is -4.45. The summed E-state index contributed by atoms with van der Waals surface area (Å²) in [6, 6.07) is 12.0. The molecule has 6 nitrogen and oxygen atoms in total. The Balaban J connectivity index is 1.91. The number of halogens is 3. The SMILES string of the molecule is O=S(=O)([O-])CCCn1/c(=N\N=C/c2cccc(C(F)(F)F)c2)sc2ccccc21. The predicted octanol–water partition coefficient (Wildman–Crippen LogP) is 3.59. The van der Waals surface area contributed by atoms with E-state index in [-0.39, 0.29) is 18.5 Å². The van der Waals surface area contributed by atoms with Gasteiger partial charge in [-0.25, -0.2) is 8.42 Å². The number of thiazole rings is 1. The van der Waals surface area contributed by atoms with Gasteiger partial charge in [0, 0.05) is 12.3 Å². The largest absolute Gasteiger partial charge is 0.748 e. The molecule has 0 spiro atoms. The third-order valence-corrected chi connectivity index (χ3v) is 5.77. The van der Waals surface area contributed by atoms with Gasteiger partial charge in [-0.2, -0.15) is 18.3 Å². The van der Waals surface area contributed by atoms with E-state index in [9.17, 15) is 26.1 Å². The molecule has 0 aliphatic heterocycles. The van der Waals surface area contributed by atoms with E-state index in [1.807, 2.05) is 24.3 Å². The molecule has 0 saturated heterocycles. The third kappa shape index (κ3) is 5.75. The first-order valence-electron chi connectivity index (χ1n) is 8.40. The third-order valence-electron chi connectivity index (χ3n) is 3.93. The molecular formula is C18H15F3N3O3S2-. The average molecular weight is 442 g/mol. The fourth-order valence-electron chi connectivity index (χ4n) is 2.65. The average Bonchev–Trinajstić information content (AvgIpc) is 2.98. The Hall–Kier alpha value is -2.50. The number of nitrogens with zero attached hydrogens (tertiary/aromatic N) is 3. The number of para-hydroxylation sites is 1. The summed E-state index contributed by atoms with van der Waals surface area (Å²) in [4.78, 5) is 0.442. The highest BCUT2D eigenvalue weighted by molar-refractivity contribution is 7.85. The quantitative estimate of drug-likeness (QED) is 0.332. The molecule has 11 heteroatoms. The van der Waals surface area contributed by atoms with Crippen LogP contribution in [0.5, 0.6) is 0 Å². The van der Waals surface area contributed by atoms with E-state index in [0.717, 1.165) is 22.3 Å². The van der Waals surface area contributed by atoms with Gasteiger partial charge in [0.15, 0.2) is 0 Å². The highest BCUT2D eigenvalue weighted by Gasteiger charge is 2.30. The lowest BCUT2D eigenvalue weighted by atomic mass is 10.1. The second-order valence-electron chi connectivity index (χ2n) is 6.09. The molecule has 0 unspecified atom stereocenters. The van der Waals surface area contributed by atoms with Gasteiger partial charge in [-0.15, -0.1) is 5.10 Å². The van der Waals surface area contributed by atoms with E-state index in [2.05, 4.69) is 10.2 Å². The molecule has 29 heavy (non-hydrogen) atoms. The monoisotopic (exact) mass is 442 g/mol. The van der Waals surface area contributed by atoms with Gasteiger partial charge in [0.1, 0.15) is 0 Å². The minimum absolute atomic E-state index is 0.108. The van der Waals surface area contributed by atoms with Crippen LogP contribution in [0.15, 0.2) is 58.7 Å². The van der Waals surface area contributed by atoms with Crippen LogP contribution in [0.3, 0.4) is 0 Å². The second-order valence-corrected chi connectivity index (χ2v) is 8.62. The molecule has 0 aliphatic carbocycles. The number of hydrogen-bond donors (Lipinski definition) is 0. The molecule has 0 bridgehead atoms. The number of aromatic nitrogens is 1. The van der Waals surface area contributed by atoms with E-state index in [1.54, 1.807) is 4.57 Å². The number of hydrogen-bond acceptors (Lipinski definition) is 6. The summed E-state index contributed by atoms with van der Waals surface area (Å²) in [5.74, 6) is -0.503. The summed E-state index contributed by atoms with van der Waals surface area (Å²) in [5.41, 5.74) is 0.264. The van der Waals surface area contributed by atoms with Gasteiger partial charge in [-0.05, 0) is 36.2 Å². The van der Waals surface area contributed by atoms with Crippen LogP contribution in [0.4, 0.5) is 13.2 Å². The van der Waals surface area contributed by atoms with Crippen molar-refractivity contribution < 1.29 is 26.1 Å². The van der Waals surface area contributed by atoms with E-state index in [0.29, 0.717) is 4.80 Å². The van der Waals surface area contributed by atoms with Crippen molar-refractivity contribution in [1.82, 2.24) is 4.57 Å². The second kappa shape index (κ2) is 8.47. The van der Waals surface area contributed by atoms with Crippen molar-refractivity contribution in [2.45, 2.75) is 19.1 Å². The van der Waals surface area contributed by atoms with Gasteiger partial charge in [-0.1, -0.05) is 35.6 Å². The molecule has 0 amide bonds. The molecule has 0 fully saturated rings. The Morgan fingerprint density at radius 3 is 2.62 bits per heavy atom. The maximum atomic E-state index is 12.8. The fourth-order valence-corrected chi connectivity index (χ4v) is 4.15. The van der Waals surface area contributed by atoms with Crippen molar-refractivity contribution in [1.29, 1.82) is 0 Å². The normalized spacial score (nSPS) is 13.6. The number of aryl methyl sites for hydroxylation is 1. The first-order chi connectivity index (χ1) is 13.6. The zero-order valence-corrected chi connectivity index (χ0v) is 16.5. The summed E-state index contributed by atoms with van der Waals surface area (Å²) in [7, 11) is -4.32. The summed E-state index contributed by atoms with van der Waals surface area (Å²) in [6.45, 7) is 0.239. The number of rotatable bonds is 6. The van der Waals surface area contributed by atoms with E-state index in [4.69, 9.17) is 0 Å². The molecular weight excluding hydrogens is 427 g/mol. The van der Waals surface area contributed by atoms with Crippen LogP contribution < -0.4 is 4.80 Å². The van der Waals surface area contributed by atoms with Gasteiger partial charge in [-0.3, -0.25) is 0 Å². The van der Waals surface area contributed by atoms with Gasteiger partial charge in [0.05, 0.1) is 32.1 Å². The Kier molecular flexibility index (Phi) is 6.20. The van der Waals surface area contributed by atoms with Gasteiger partial charge in [0.25, 0.3) is 0 Å². The van der Waals surface area contributed by atoms with Crippen molar-refractivity contribution in [3.8, 4) is 0 Å². The Morgan fingerprint density at radius 2 is 1.90 bits per heavy atom. The van der Waals surface area contributed by atoms with Crippen LogP contribution in [0, 0.1) is 0 Å². The molecule has 0 saturated carbocycles. The molecule has 0 N–H and O–H groups in total. The summed E-state index contributed by atoms with van der Waals surface area (Å²) < 4.78 is 73.5. The first-order valence-corrected chi connectivity index (χ1v) is 10.8. The standard InChI is InChI=1S/C18H16F3N3O3S2/c19-18(20,21)14-6-3-5-13(11-14)12-22-23-17-24(9-4-10-29(25,26)27)15-7-1-2-8-16(15)28-17/h1-3,5-8,11-12H,4,9-10H2,(H,25,26,27)/p-1/b22-12-,23-17+. The number of benzene rings is 2. The zero-order valence-electron chi connectivity index (χ0n) is 14.8. The molecule has 0 radical (unpaired) electrons. The molecule has 0 aliphatic rings. The van der Waals surface area contributed by atoms with E-state index < -0.39 is 27.6 Å². The summed E-state index contributed by atoms with van der Waals surface area (Å²) >= 11 is 1.30. The molecule has 1 aromatic heterocycles. The van der Waals surface area contributed by atoms with Crippen molar-refractivity contribution >= 4 is 37.9 Å². The number of fused-ring (bicyclic) bond motifs is 1. The van der Waals surface area contributed by atoms with Crippen LogP contribution in [-0.4, -0.2) is 29.5 Å². The van der Waals surface area contributed by atoms with Crippen LogP contribution in [0.2, 0.25) is 0 Å². The predicted molar refractivity (Wildman–Crippen MR) is 104 cm³/mol. The van der Waals surface area contributed by atoms with E-state index in [1.165, 1.54) is 29.7 Å². The maximum absolute atomic E-state index is 12.8. The lowest BCUT2D eigenvalue weighted by Gasteiger charge is -2.08. The highest BCUT2D eigenvalue weighted by atomic mass is 32.2. The van der Waals surface area contributed by atoms with Gasteiger partial charge >= 0.3 is 6.18 Å². The van der Waals surface area contributed by atoms with Crippen LogP contribution in [0.25, 0.3) is 10.2 Å². The summed E-state index contributed by atoms with van der Waals surface area (Å²) in [6.07, 6.45) is -3.12. The molecule has 3 aromatic rings. The maximum Gasteiger partial charge on any atom is 0.416 e. The lowest BCUT2D eigenvalue weighted by Crippen LogP contribution is -2.17. The topological polar surface area (TPSA) is 86.9 Å². The highest BCUT2D eigenvalue weighted by Crippen LogP contribution is 2.29. The molecule has 3 rings (SSSR count). The van der Waals surface area contributed by atoms with Crippen molar-refractivity contribution in [2.24, 2.45) is 10.2 Å². The lowest BCUT2D eigenvalue weighted by molar-refractivity contribution is -0.137. The molecule has 1 heterocycles. The van der Waals surface area contributed by atoms with Crippen molar-refractivity contribution in [3.05, 3.63) is 64.5 Å². The van der Waals surface area contributed by atoms with Crippen LogP contribution in [0.1, 0.15) is 17.5 Å². The Labute approximate surface area is 168 Å². The van der Waals surface area contributed by atoms with Crippen molar-refractivity contribution in [2.75, 3.05) is 5.75 Å². The van der Waals surface area contributed by atoms with Crippen LogP contribution >= 0.6 is 11.3 Å². The molecule has 154 valence electrons. The number of alkyl halides is 3. The van der Waals surface area contributed by atoms with Crippen molar-refractivity contribution in [3.63, 3.8) is 0 Å². The summed E-state index contributed by atoms with van der Waals surface area (Å²) in [5, 5.41) is 7.98. The van der Waals surface area contributed by atoms with Crippen LogP contribution in [-0.2, 0) is 22.8 Å². The Morgan fingerprint density at radius 1 is 1.14 bits per heavy atom. The fraction of sp³-hybridized carbons (Fsp3) is 0.222. The zero-order chi connectivity index (χ0) is 21.1. The van der Waals surface area contributed by atoms with Gasteiger partial charge in [0.2, 0.25) is 4.80 Å². The first kappa shape index (κ1) is 21.2. The Bertz CT molecular complexity index is 1210. The molecule has 0 atom stereocenters. The smallest absolute Gasteiger partial charge is 0.416 e. The van der Waals surface area contributed by atoms with E-state index >= 15 is 0 Å². The van der Waals surface area contributed by atoms with Gasteiger partial charge < -0.3 is 9.12 Å². The molecule has 2 aromatic carbocycles. The minimum Gasteiger partial charge on any atom is -0.748 e.